The summed E-state index contributed by atoms with van der Waals surface area (Å²) < 4.78 is 0.743. The van der Waals surface area contributed by atoms with E-state index < -0.39 is 0 Å². The summed E-state index contributed by atoms with van der Waals surface area (Å²) in [5.74, 6) is -0.418. The largest absolute Gasteiger partial charge is 0.369 e. The molecule has 2 amide bonds. The Bertz CT molecular complexity index is 503. The molecule has 1 fully saturated rings. The van der Waals surface area contributed by atoms with Crippen LogP contribution in [-0.2, 0) is 16.0 Å². The highest BCUT2D eigenvalue weighted by molar-refractivity contribution is 7.16. The lowest BCUT2D eigenvalue weighted by atomic mass is 9.92. The van der Waals surface area contributed by atoms with Crippen LogP contribution in [0, 0.1) is 5.92 Å². The second-order valence-corrected chi connectivity index (χ2v) is 7.08. The van der Waals surface area contributed by atoms with Gasteiger partial charge in [0, 0.05) is 23.9 Å². The molecule has 6 heteroatoms. The predicted octanol–water partition coefficient (Wildman–Crippen LogP) is 2.45. The predicted molar refractivity (Wildman–Crippen MR) is 80.7 cm³/mol. The molecule has 1 aromatic heterocycles. The summed E-state index contributed by atoms with van der Waals surface area (Å²) in [4.78, 5) is 26.5. The van der Waals surface area contributed by atoms with Crippen LogP contribution in [0.2, 0.25) is 4.34 Å². The zero-order valence-electron chi connectivity index (χ0n) is 11.5. The van der Waals surface area contributed by atoms with E-state index in [9.17, 15) is 9.59 Å². The Kier molecular flexibility index (Phi) is 5.05. The summed E-state index contributed by atoms with van der Waals surface area (Å²) in [5, 5.41) is 0. The summed E-state index contributed by atoms with van der Waals surface area (Å²) in [6, 6.07) is 3.98. The molecule has 1 aliphatic heterocycles. The van der Waals surface area contributed by atoms with Crippen molar-refractivity contribution in [3.63, 3.8) is 0 Å². The number of hydrogen-bond donors (Lipinski definition) is 1. The molecule has 0 radical (unpaired) electrons. The Morgan fingerprint density at radius 3 is 2.80 bits per heavy atom. The van der Waals surface area contributed by atoms with Gasteiger partial charge < -0.3 is 10.6 Å². The molecule has 2 rings (SSSR count). The number of hydrogen-bond acceptors (Lipinski definition) is 3. The summed E-state index contributed by atoms with van der Waals surface area (Å²) >= 11 is 7.38. The molecule has 0 saturated carbocycles. The number of piperidine rings is 1. The van der Waals surface area contributed by atoms with Crippen molar-refractivity contribution in [2.45, 2.75) is 38.6 Å². The van der Waals surface area contributed by atoms with Crippen LogP contribution >= 0.6 is 22.9 Å². The number of nitrogens with zero attached hydrogens (tertiary/aromatic N) is 1. The molecule has 2 N–H and O–H groups in total. The molecule has 0 unspecified atom stereocenters. The molecule has 0 aliphatic carbocycles. The lowest BCUT2D eigenvalue weighted by molar-refractivity contribution is -0.137. The minimum Gasteiger partial charge on any atom is -0.369 e. The van der Waals surface area contributed by atoms with Gasteiger partial charge in [0.05, 0.1) is 10.3 Å². The van der Waals surface area contributed by atoms with Crippen molar-refractivity contribution < 1.29 is 9.59 Å². The number of likely N-dealkylation sites (tertiary alicyclic amines) is 1. The second-order valence-electron chi connectivity index (χ2n) is 5.28. The van der Waals surface area contributed by atoms with Gasteiger partial charge in [-0.15, -0.1) is 11.3 Å². The molecular weight excluding hydrogens is 296 g/mol. The highest BCUT2D eigenvalue weighted by Gasteiger charge is 2.31. The van der Waals surface area contributed by atoms with Crippen molar-refractivity contribution >= 4 is 34.8 Å². The van der Waals surface area contributed by atoms with E-state index in [0.717, 1.165) is 22.1 Å². The fourth-order valence-corrected chi connectivity index (χ4v) is 3.63. The molecule has 20 heavy (non-hydrogen) atoms. The first kappa shape index (κ1) is 15.3. The molecule has 0 aromatic carbocycles. The molecule has 4 nitrogen and oxygen atoms in total. The first-order valence-electron chi connectivity index (χ1n) is 6.80. The molecule has 1 saturated heterocycles. The second kappa shape index (κ2) is 6.59. The maximum absolute atomic E-state index is 12.3. The summed E-state index contributed by atoms with van der Waals surface area (Å²) in [7, 11) is 0. The molecule has 0 bridgehead atoms. The van der Waals surface area contributed by atoms with Crippen molar-refractivity contribution in [1.82, 2.24) is 4.90 Å². The van der Waals surface area contributed by atoms with Gasteiger partial charge in [0.1, 0.15) is 0 Å². The number of carbonyl (C=O) groups is 2. The average Bonchev–Trinajstić information content (AvgIpc) is 2.82. The Morgan fingerprint density at radius 2 is 2.20 bits per heavy atom. The van der Waals surface area contributed by atoms with Crippen LogP contribution in [0.3, 0.4) is 0 Å². The van der Waals surface area contributed by atoms with Crippen molar-refractivity contribution in [3.05, 3.63) is 21.3 Å². The Hall–Kier alpha value is -1.07. The quantitative estimate of drug-likeness (QED) is 0.927. The van der Waals surface area contributed by atoms with Gasteiger partial charge in [-0.2, -0.15) is 0 Å². The number of amides is 2. The van der Waals surface area contributed by atoms with Gasteiger partial charge in [-0.3, -0.25) is 9.59 Å². The fourth-order valence-electron chi connectivity index (χ4n) is 2.55. The van der Waals surface area contributed by atoms with Crippen molar-refractivity contribution in [1.29, 1.82) is 0 Å². The van der Waals surface area contributed by atoms with E-state index in [1.165, 1.54) is 11.3 Å². The number of aryl methyl sites for hydroxylation is 1. The van der Waals surface area contributed by atoms with Crippen molar-refractivity contribution in [2.75, 3.05) is 6.54 Å². The minimum absolute atomic E-state index is 0.0907. The minimum atomic E-state index is -0.306. The smallest absolute Gasteiger partial charge is 0.223 e. The Morgan fingerprint density at radius 1 is 1.45 bits per heavy atom. The number of nitrogens with two attached hydrogens (primary N) is 1. The van der Waals surface area contributed by atoms with Crippen LogP contribution in [0.15, 0.2) is 12.1 Å². The zero-order chi connectivity index (χ0) is 14.7. The van der Waals surface area contributed by atoms with E-state index in [0.29, 0.717) is 19.4 Å². The first-order chi connectivity index (χ1) is 9.47. The van der Waals surface area contributed by atoms with Crippen LogP contribution in [-0.4, -0.2) is 29.3 Å². The van der Waals surface area contributed by atoms with Crippen LogP contribution in [0.5, 0.6) is 0 Å². The third-order valence-electron chi connectivity index (χ3n) is 3.82. The van der Waals surface area contributed by atoms with Gasteiger partial charge in [0.2, 0.25) is 11.8 Å². The Labute approximate surface area is 127 Å². The van der Waals surface area contributed by atoms with Gasteiger partial charge in [-0.25, -0.2) is 0 Å². The van der Waals surface area contributed by atoms with E-state index >= 15 is 0 Å². The normalized spacial score (nSPS) is 22.8. The van der Waals surface area contributed by atoms with Crippen molar-refractivity contribution in [2.24, 2.45) is 11.7 Å². The maximum atomic E-state index is 12.3. The lowest BCUT2D eigenvalue weighted by Gasteiger charge is -2.37. The summed E-state index contributed by atoms with van der Waals surface area (Å²) in [6.45, 7) is 2.48. The monoisotopic (exact) mass is 314 g/mol. The highest BCUT2D eigenvalue weighted by Crippen LogP contribution is 2.25. The molecule has 110 valence electrons. The van der Waals surface area contributed by atoms with Crippen LogP contribution in [0.1, 0.15) is 31.1 Å². The van der Waals surface area contributed by atoms with E-state index in [1.54, 1.807) is 4.90 Å². The van der Waals surface area contributed by atoms with E-state index in [4.69, 9.17) is 17.3 Å². The molecule has 1 aliphatic rings. The van der Waals surface area contributed by atoms with Gasteiger partial charge in [0.25, 0.3) is 0 Å². The Balaban J connectivity index is 1.91. The van der Waals surface area contributed by atoms with Crippen LogP contribution in [0.25, 0.3) is 0 Å². The molecule has 1 aromatic rings. The number of thiophene rings is 1. The highest BCUT2D eigenvalue weighted by atomic mass is 35.5. The summed E-state index contributed by atoms with van der Waals surface area (Å²) in [5.41, 5.74) is 5.35. The standard InChI is InChI=1S/C14H19ClN2O2S/c1-9-2-3-10(14(16)19)8-17(9)13(18)7-5-11-4-6-12(15)20-11/h4,6,9-10H,2-3,5,7-8H2,1H3,(H2,16,19)/t9-,10+/m0/s1. The molecular formula is C14H19ClN2O2S. The third kappa shape index (κ3) is 3.73. The third-order valence-corrected chi connectivity index (χ3v) is 5.11. The van der Waals surface area contributed by atoms with Crippen molar-refractivity contribution in [3.8, 4) is 0 Å². The fraction of sp³-hybridized carbons (Fsp3) is 0.571. The van der Waals surface area contributed by atoms with Gasteiger partial charge in [-0.1, -0.05) is 11.6 Å². The zero-order valence-corrected chi connectivity index (χ0v) is 13.0. The number of rotatable bonds is 4. The number of primary amides is 1. The molecule has 2 heterocycles. The van der Waals surface area contributed by atoms with Crippen LogP contribution < -0.4 is 5.73 Å². The van der Waals surface area contributed by atoms with E-state index in [-0.39, 0.29) is 23.8 Å². The van der Waals surface area contributed by atoms with Gasteiger partial charge >= 0.3 is 0 Å². The van der Waals surface area contributed by atoms with E-state index in [2.05, 4.69) is 0 Å². The maximum Gasteiger partial charge on any atom is 0.223 e. The lowest BCUT2D eigenvalue weighted by Crippen LogP contribution is -2.48. The number of halogens is 1. The van der Waals surface area contributed by atoms with Gasteiger partial charge in [0.15, 0.2) is 0 Å². The van der Waals surface area contributed by atoms with E-state index in [1.807, 2.05) is 19.1 Å². The van der Waals surface area contributed by atoms with Crippen LogP contribution in [0.4, 0.5) is 0 Å². The first-order valence-corrected chi connectivity index (χ1v) is 8.00. The summed E-state index contributed by atoms with van der Waals surface area (Å²) in [6.07, 6.45) is 2.76. The molecule has 2 atom stereocenters. The average molecular weight is 315 g/mol. The SMILES string of the molecule is C[C@H]1CC[C@@H](C(N)=O)CN1C(=O)CCc1ccc(Cl)s1. The van der Waals surface area contributed by atoms with Gasteiger partial charge in [-0.05, 0) is 38.3 Å². The topological polar surface area (TPSA) is 63.4 Å². The molecule has 0 spiro atoms. The number of carbonyl (C=O) groups excluding carboxylic acids is 2.